The van der Waals surface area contributed by atoms with Gasteiger partial charge in [0.2, 0.25) is 0 Å². The topological polar surface area (TPSA) is 54.5 Å². The van der Waals surface area contributed by atoms with Crippen molar-refractivity contribution in [3.8, 4) is 0 Å². The van der Waals surface area contributed by atoms with Crippen LogP contribution in [0.25, 0.3) is 0 Å². The maximum absolute atomic E-state index is 12.9. The van der Waals surface area contributed by atoms with Gasteiger partial charge in [0.15, 0.2) is 5.13 Å². The van der Waals surface area contributed by atoms with Crippen LogP contribution in [-0.4, -0.2) is 17.4 Å². The lowest BCUT2D eigenvalue weighted by atomic mass is 10.2. The fourth-order valence-corrected chi connectivity index (χ4v) is 2.84. The second-order valence-corrected chi connectivity index (χ2v) is 5.44. The summed E-state index contributed by atoms with van der Waals surface area (Å²) in [6, 6.07) is 6.35. The molecule has 2 aromatic rings. The summed E-state index contributed by atoms with van der Waals surface area (Å²) in [5.74, 6) is -0.241. The number of nitrogens with two attached hydrogens (primary N) is 1. The Labute approximate surface area is 120 Å². The highest BCUT2D eigenvalue weighted by atomic mass is 32.1. The van der Waals surface area contributed by atoms with Gasteiger partial charge >= 0.3 is 0 Å². The molecule has 0 saturated heterocycles. The van der Waals surface area contributed by atoms with E-state index in [4.69, 9.17) is 5.73 Å². The minimum absolute atomic E-state index is 0.241. The third-order valence-corrected chi connectivity index (χ3v) is 4.02. The van der Waals surface area contributed by atoms with Gasteiger partial charge in [-0.1, -0.05) is 11.3 Å². The Morgan fingerprint density at radius 2 is 2.05 bits per heavy atom. The second-order valence-electron chi connectivity index (χ2n) is 4.41. The number of anilines is 2. The number of halogens is 1. The number of nitrogens with zero attached hydrogens (tertiary/aromatic N) is 3. The molecular formula is C14H13FN4S. The molecule has 0 amide bonds. The molecule has 2 N–H and O–H groups in total. The quantitative estimate of drug-likeness (QED) is 0.924. The van der Waals surface area contributed by atoms with Crippen LogP contribution in [0.3, 0.4) is 0 Å². The smallest absolute Gasteiger partial charge is 0.180 e. The molecule has 0 bridgehead atoms. The van der Waals surface area contributed by atoms with Crippen LogP contribution in [0.2, 0.25) is 0 Å². The predicted molar refractivity (Wildman–Crippen MR) is 80.7 cm³/mol. The van der Waals surface area contributed by atoms with Gasteiger partial charge in [-0.25, -0.2) is 9.37 Å². The lowest BCUT2D eigenvalue weighted by Gasteiger charge is -2.21. The van der Waals surface area contributed by atoms with E-state index in [1.54, 1.807) is 12.1 Å². The maximum Gasteiger partial charge on any atom is 0.180 e. The number of thiazole rings is 1. The highest BCUT2D eigenvalue weighted by Crippen LogP contribution is 2.24. The minimum Gasteiger partial charge on any atom is -0.375 e. The van der Waals surface area contributed by atoms with Crippen LogP contribution in [0, 0.1) is 12.7 Å². The molecule has 20 heavy (non-hydrogen) atoms. The first-order chi connectivity index (χ1) is 9.63. The molecule has 0 unspecified atom stereocenters. The van der Waals surface area contributed by atoms with Gasteiger partial charge < -0.3 is 10.6 Å². The van der Waals surface area contributed by atoms with Gasteiger partial charge in [0.25, 0.3) is 0 Å². The summed E-state index contributed by atoms with van der Waals surface area (Å²) in [5.41, 5.74) is 8.39. The Morgan fingerprint density at radius 3 is 2.60 bits per heavy atom. The highest BCUT2D eigenvalue weighted by molar-refractivity contribution is 7.17. The standard InChI is InChI=1S/C14H13FN4S/c1-9-13(20-14(16)18-9)12-6-7-19(8-17-12)11-4-2-10(15)3-5-11/h2-7H,8H2,1H3,(H2,16,18). The molecule has 3 rings (SSSR count). The van der Waals surface area contributed by atoms with Crippen molar-refractivity contribution in [3.63, 3.8) is 0 Å². The van der Waals surface area contributed by atoms with Crippen LogP contribution in [0.1, 0.15) is 10.6 Å². The van der Waals surface area contributed by atoms with Crippen molar-refractivity contribution < 1.29 is 4.39 Å². The van der Waals surface area contributed by atoms with Crippen molar-refractivity contribution in [1.82, 2.24) is 4.98 Å². The van der Waals surface area contributed by atoms with E-state index in [0.29, 0.717) is 11.8 Å². The fraction of sp³-hybridized carbons (Fsp3) is 0.143. The molecular weight excluding hydrogens is 275 g/mol. The van der Waals surface area contributed by atoms with Gasteiger partial charge in [0.1, 0.15) is 12.5 Å². The van der Waals surface area contributed by atoms with Crippen LogP contribution in [0.5, 0.6) is 0 Å². The monoisotopic (exact) mass is 288 g/mol. The molecule has 0 spiro atoms. The van der Waals surface area contributed by atoms with Crippen LogP contribution >= 0.6 is 11.3 Å². The van der Waals surface area contributed by atoms with Gasteiger partial charge in [-0.15, -0.1) is 0 Å². The number of benzene rings is 1. The Bertz CT molecular complexity index is 688. The number of aromatic nitrogens is 1. The van der Waals surface area contributed by atoms with E-state index in [2.05, 4.69) is 9.98 Å². The maximum atomic E-state index is 12.9. The zero-order valence-electron chi connectivity index (χ0n) is 10.9. The SMILES string of the molecule is Cc1nc(N)sc1C1=NCN(c2ccc(F)cc2)C=C1. The first kappa shape index (κ1) is 12.8. The zero-order valence-corrected chi connectivity index (χ0v) is 11.7. The number of nitrogen functional groups attached to an aromatic ring is 1. The number of hydrogen-bond donors (Lipinski definition) is 1. The molecule has 0 aliphatic carbocycles. The Morgan fingerprint density at radius 1 is 1.30 bits per heavy atom. The summed E-state index contributed by atoms with van der Waals surface area (Å²) >= 11 is 1.44. The summed E-state index contributed by atoms with van der Waals surface area (Å²) in [5, 5.41) is 0.551. The number of allylic oxidation sites excluding steroid dienone is 1. The van der Waals surface area contributed by atoms with Crippen molar-refractivity contribution in [2.45, 2.75) is 6.92 Å². The summed E-state index contributed by atoms with van der Waals surface area (Å²) < 4.78 is 12.9. The van der Waals surface area contributed by atoms with Crippen LogP contribution < -0.4 is 10.6 Å². The molecule has 6 heteroatoms. The Hall–Kier alpha value is -2.21. The van der Waals surface area contributed by atoms with Gasteiger partial charge in [-0.3, -0.25) is 4.99 Å². The van der Waals surface area contributed by atoms with Crippen molar-refractivity contribution in [2.75, 3.05) is 17.3 Å². The van der Waals surface area contributed by atoms with E-state index < -0.39 is 0 Å². The molecule has 1 aromatic carbocycles. The number of hydrogen-bond acceptors (Lipinski definition) is 5. The molecule has 4 nitrogen and oxygen atoms in total. The van der Waals surface area contributed by atoms with Crippen molar-refractivity contribution in [3.05, 3.63) is 52.9 Å². The van der Waals surface area contributed by atoms with E-state index in [1.807, 2.05) is 24.1 Å². The van der Waals surface area contributed by atoms with Gasteiger partial charge in [-0.05, 0) is 37.3 Å². The van der Waals surface area contributed by atoms with E-state index in [1.165, 1.54) is 23.5 Å². The van der Waals surface area contributed by atoms with Crippen molar-refractivity contribution in [2.24, 2.45) is 4.99 Å². The molecule has 1 aromatic heterocycles. The number of aryl methyl sites for hydroxylation is 1. The average Bonchev–Trinajstić information content (AvgIpc) is 2.79. The van der Waals surface area contributed by atoms with Gasteiger partial charge in [-0.2, -0.15) is 0 Å². The van der Waals surface area contributed by atoms with Crippen LogP contribution in [0.4, 0.5) is 15.2 Å². The second kappa shape index (κ2) is 5.05. The molecule has 1 aliphatic rings. The summed E-state index contributed by atoms with van der Waals surface area (Å²) in [6.45, 7) is 2.42. The normalized spacial score (nSPS) is 14.5. The number of aliphatic imine (C=N–C) groups is 1. The van der Waals surface area contributed by atoms with Gasteiger partial charge in [0, 0.05) is 11.9 Å². The highest BCUT2D eigenvalue weighted by Gasteiger charge is 2.14. The molecule has 0 fully saturated rings. The lowest BCUT2D eigenvalue weighted by Crippen LogP contribution is -2.21. The fourth-order valence-electron chi connectivity index (χ4n) is 2.02. The van der Waals surface area contributed by atoms with E-state index >= 15 is 0 Å². The minimum atomic E-state index is -0.241. The van der Waals surface area contributed by atoms with E-state index in [9.17, 15) is 4.39 Å². The first-order valence-corrected chi connectivity index (χ1v) is 6.93. The van der Waals surface area contributed by atoms with E-state index in [-0.39, 0.29) is 5.82 Å². The Kier molecular flexibility index (Phi) is 3.23. The number of rotatable bonds is 2. The zero-order chi connectivity index (χ0) is 14.1. The third-order valence-electron chi connectivity index (χ3n) is 3.01. The largest absolute Gasteiger partial charge is 0.375 e. The predicted octanol–water partition coefficient (Wildman–Crippen LogP) is 2.95. The molecule has 102 valence electrons. The van der Waals surface area contributed by atoms with Crippen molar-refractivity contribution in [1.29, 1.82) is 0 Å². The van der Waals surface area contributed by atoms with Crippen molar-refractivity contribution >= 4 is 27.9 Å². The van der Waals surface area contributed by atoms with Crippen LogP contribution in [-0.2, 0) is 0 Å². The lowest BCUT2D eigenvalue weighted by molar-refractivity contribution is 0.627. The molecule has 2 heterocycles. The third kappa shape index (κ3) is 2.42. The van der Waals surface area contributed by atoms with Gasteiger partial charge in [0.05, 0.1) is 16.3 Å². The summed E-state index contributed by atoms with van der Waals surface area (Å²) in [7, 11) is 0. The molecule has 1 aliphatic heterocycles. The summed E-state index contributed by atoms with van der Waals surface area (Å²) in [6.07, 6.45) is 3.86. The van der Waals surface area contributed by atoms with Crippen LogP contribution in [0.15, 0.2) is 41.5 Å². The molecule has 0 radical (unpaired) electrons. The summed E-state index contributed by atoms with van der Waals surface area (Å²) in [4.78, 5) is 11.7. The average molecular weight is 288 g/mol. The Balaban J connectivity index is 1.80. The van der Waals surface area contributed by atoms with E-state index in [0.717, 1.165) is 22.0 Å². The molecule has 0 saturated carbocycles. The first-order valence-electron chi connectivity index (χ1n) is 6.11. The molecule has 0 atom stereocenters.